The molecule has 1 saturated heterocycles. The van der Waals surface area contributed by atoms with Gasteiger partial charge in [0.2, 0.25) is 0 Å². The van der Waals surface area contributed by atoms with Crippen molar-refractivity contribution in [3.8, 4) is 0 Å². The lowest BCUT2D eigenvalue weighted by Crippen LogP contribution is -2.31. The number of pyridine rings is 1. The van der Waals surface area contributed by atoms with Crippen molar-refractivity contribution < 1.29 is 8.78 Å². The lowest BCUT2D eigenvalue weighted by molar-refractivity contribution is -0.0201. The molecule has 0 aliphatic carbocycles. The van der Waals surface area contributed by atoms with Crippen molar-refractivity contribution in [3.05, 3.63) is 47.1 Å². The summed E-state index contributed by atoms with van der Waals surface area (Å²) >= 11 is 6.19. The predicted molar refractivity (Wildman–Crippen MR) is 107 cm³/mol. The van der Waals surface area contributed by atoms with Crippen LogP contribution in [0.2, 0.25) is 5.02 Å². The Morgan fingerprint density at radius 2 is 2.24 bits per heavy atom. The molecule has 1 fully saturated rings. The quantitative estimate of drug-likeness (QED) is 0.602. The van der Waals surface area contributed by atoms with E-state index in [0.717, 1.165) is 0 Å². The molecular weight excluding hydrogens is 400 g/mol. The van der Waals surface area contributed by atoms with Gasteiger partial charge in [-0.2, -0.15) is 5.11 Å². The molecule has 0 saturated carbocycles. The summed E-state index contributed by atoms with van der Waals surface area (Å²) in [6.07, 6.45) is 3.16. The second-order valence-electron chi connectivity index (χ2n) is 7.30. The van der Waals surface area contributed by atoms with Crippen molar-refractivity contribution in [1.29, 1.82) is 5.53 Å². The number of allylic oxidation sites excluding steroid dienone is 1. The molecule has 1 aliphatic rings. The molecule has 29 heavy (non-hydrogen) atoms. The van der Waals surface area contributed by atoms with Crippen LogP contribution in [0.1, 0.15) is 18.8 Å². The fraction of sp³-hybridized carbons (Fsp3) is 0.368. The minimum absolute atomic E-state index is 0.201. The highest BCUT2D eigenvalue weighted by molar-refractivity contribution is 6.31. The molecule has 10 heteroatoms. The van der Waals surface area contributed by atoms with Crippen LogP contribution in [0.15, 0.2) is 41.4 Å². The van der Waals surface area contributed by atoms with Crippen LogP contribution in [-0.4, -0.2) is 45.5 Å². The molecule has 1 aromatic carbocycles. The lowest BCUT2D eigenvalue weighted by atomic mass is 10.1. The number of hydrogen-bond acceptors (Lipinski definition) is 6. The van der Waals surface area contributed by atoms with E-state index in [-0.39, 0.29) is 19.6 Å². The molecule has 1 unspecified atom stereocenters. The second-order valence-corrected chi connectivity index (χ2v) is 7.74. The summed E-state index contributed by atoms with van der Waals surface area (Å²) in [5, 5.41) is 7.52. The monoisotopic (exact) mass is 419 g/mol. The molecule has 4 rings (SSSR count). The normalized spacial score (nSPS) is 19.9. The Labute approximate surface area is 170 Å². The number of benzene rings is 1. The van der Waals surface area contributed by atoms with Gasteiger partial charge in [-0.1, -0.05) is 11.6 Å². The number of alkyl halides is 2. The number of hydrogen-bond donors (Lipinski definition) is 2. The molecule has 3 aromatic rings. The van der Waals surface area contributed by atoms with Crippen molar-refractivity contribution >= 4 is 33.5 Å². The number of nitrogens with one attached hydrogen (secondary N) is 2. The van der Waals surface area contributed by atoms with Gasteiger partial charge < -0.3 is 9.88 Å². The number of likely N-dealkylation sites (N-methyl/N-ethyl adjacent to an activating group) is 1. The molecule has 2 aromatic heterocycles. The first-order chi connectivity index (χ1) is 13.8. The Hall–Kier alpha value is -2.65. The van der Waals surface area contributed by atoms with Crippen LogP contribution in [0.5, 0.6) is 0 Å². The zero-order chi connectivity index (χ0) is 20.8. The van der Waals surface area contributed by atoms with Gasteiger partial charge in [-0.3, -0.25) is 9.88 Å². The number of fused-ring (bicyclic) bond motifs is 3. The maximum atomic E-state index is 14.9. The summed E-state index contributed by atoms with van der Waals surface area (Å²) in [7, 11) is 1.68. The first kappa shape index (κ1) is 19.7. The van der Waals surface area contributed by atoms with Crippen molar-refractivity contribution in [3.63, 3.8) is 0 Å². The third-order valence-electron chi connectivity index (χ3n) is 5.06. The van der Waals surface area contributed by atoms with Crippen molar-refractivity contribution in [2.24, 2.45) is 5.11 Å². The molecule has 1 atom stereocenters. The molecular formula is C19H20ClF2N7. The van der Waals surface area contributed by atoms with E-state index >= 15 is 0 Å². The molecule has 0 bridgehead atoms. The van der Waals surface area contributed by atoms with Gasteiger partial charge in [-0.15, -0.1) is 0 Å². The highest BCUT2D eigenvalue weighted by atomic mass is 35.5. The van der Waals surface area contributed by atoms with Crippen LogP contribution in [-0.2, 0) is 6.54 Å². The van der Waals surface area contributed by atoms with Crippen molar-refractivity contribution in [1.82, 2.24) is 24.8 Å². The summed E-state index contributed by atoms with van der Waals surface area (Å²) in [5.74, 6) is -2.45. The van der Waals surface area contributed by atoms with Gasteiger partial charge in [0.1, 0.15) is 17.4 Å². The number of halogens is 3. The molecule has 7 nitrogen and oxygen atoms in total. The number of rotatable bonds is 5. The molecule has 0 amide bonds. The molecule has 1 aliphatic heterocycles. The lowest BCUT2D eigenvalue weighted by Gasteiger charge is -2.23. The first-order valence-electron chi connectivity index (χ1n) is 9.09. The van der Waals surface area contributed by atoms with Crippen molar-refractivity contribution in [2.45, 2.75) is 25.4 Å². The van der Waals surface area contributed by atoms with E-state index in [1.54, 1.807) is 54.0 Å². The third kappa shape index (κ3) is 3.56. The minimum atomic E-state index is -2.91. The van der Waals surface area contributed by atoms with Gasteiger partial charge in [-0.05, 0) is 32.2 Å². The third-order valence-corrected chi connectivity index (χ3v) is 5.30. The van der Waals surface area contributed by atoms with Gasteiger partial charge in [0.05, 0.1) is 36.0 Å². The molecule has 0 radical (unpaired) electrons. The smallest absolute Gasteiger partial charge is 0.282 e. The molecule has 0 spiro atoms. The van der Waals surface area contributed by atoms with Crippen LogP contribution >= 0.6 is 11.6 Å². The van der Waals surface area contributed by atoms with E-state index in [4.69, 9.17) is 17.1 Å². The van der Waals surface area contributed by atoms with E-state index in [0.29, 0.717) is 38.5 Å². The zero-order valence-electron chi connectivity index (χ0n) is 16.0. The van der Waals surface area contributed by atoms with E-state index in [1.807, 2.05) is 0 Å². The van der Waals surface area contributed by atoms with Crippen molar-refractivity contribution in [2.75, 3.05) is 20.1 Å². The fourth-order valence-corrected chi connectivity index (χ4v) is 3.98. The van der Waals surface area contributed by atoms with Gasteiger partial charge in [-0.25, -0.2) is 19.3 Å². The maximum absolute atomic E-state index is 14.9. The summed E-state index contributed by atoms with van der Waals surface area (Å²) in [6, 6.07) is 4.17. The van der Waals surface area contributed by atoms with E-state index in [1.165, 1.54) is 0 Å². The molecule has 3 heterocycles. The van der Waals surface area contributed by atoms with Crippen LogP contribution in [0.3, 0.4) is 0 Å². The summed E-state index contributed by atoms with van der Waals surface area (Å²) in [4.78, 5) is 10.6. The average Bonchev–Trinajstić information content (AvgIpc) is 3.16. The number of likely N-dealkylation sites (tertiary alicyclic amines) is 1. The molecule has 152 valence electrons. The first-order valence-corrected chi connectivity index (χ1v) is 9.47. The number of aromatic nitrogens is 3. The Kier molecular flexibility index (Phi) is 4.95. The summed E-state index contributed by atoms with van der Waals surface area (Å²) < 4.78 is 31.4. The standard InChI is InChI=1S/C19H20ClF2N7/c1-11(27-23)6-24-8-17-26-15-7-25-14-4-3-12(20)5-13(14)18(15)29(17)16-9-28(2)10-19(16,21)22/h3-7,16,23-24H,8-10H2,1-2H3/b11-6-,27-23?. The topological polar surface area (TPSA) is 82.2 Å². The van der Waals surface area contributed by atoms with Gasteiger partial charge in [0, 0.05) is 23.2 Å². The van der Waals surface area contributed by atoms with Gasteiger partial charge >= 0.3 is 0 Å². The van der Waals surface area contributed by atoms with Crippen LogP contribution in [0.4, 0.5) is 8.78 Å². The van der Waals surface area contributed by atoms with E-state index in [9.17, 15) is 8.78 Å². The Morgan fingerprint density at radius 3 is 2.93 bits per heavy atom. The summed E-state index contributed by atoms with van der Waals surface area (Å²) in [6.45, 7) is 1.76. The van der Waals surface area contributed by atoms with Gasteiger partial charge in [0.25, 0.3) is 5.92 Å². The maximum Gasteiger partial charge on any atom is 0.282 e. The minimum Gasteiger partial charge on any atom is -0.382 e. The Bertz CT molecular complexity index is 1120. The largest absolute Gasteiger partial charge is 0.382 e. The van der Waals surface area contributed by atoms with Crippen LogP contribution < -0.4 is 5.32 Å². The summed E-state index contributed by atoms with van der Waals surface area (Å²) in [5.41, 5.74) is 9.28. The average molecular weight is 420 g/mol. The Balaban J connectivity index is 1.93. The molecule has 2 N–H and O–H groups in total. The van der Waals surface area contributed by atoms with Crippen LogP contribution in [0, 0.1) is 5.53 Å². The highest BCUT2D eigenvalue weighted by Crippen LogP contribution is 2.40. The number of nitrogens with zero attached hydrogens (tertiary/aromatic N) is 5. The SMILES string of the molecule is C/C(=C/NCc1nc2cnc3ccc(Cl)cc3c2n1C1CN(C)CC1(F)F)N=N. The predicted octanol–water partition coefficient (Wildman–Crippen LogP) is 4.34. The van der Waals surface area contributed by atoms with E-state index < -0.39 is 12.0 Å². The highest BCUT2D eigenvalue weighted by Gasteiger charge is 2.49. The fourth-order valence-electron chi connectivity index (χ4n) is 3.81. The Morgan fingerprint density at radius 1 is 1.45 bits per heavy atom. The van der Waals surface area contributed by atoms with Crippen LogP contribution in [0.25, 0.3) is 21.9 Å². The number of imidazole rings is 1. The van der Waals surface area contributed by atoms with E-state index in [2.05, 4.69) is 20.4 Å². The van der Waals surface area contributed by atoms with Gasteiger partial charge in [0.15, 0.2) is 0 Å². The zero-order valence-corrected chi connectivity index (χ0v) is 16.7. The second kappa shape index (κ2) is 7.31.